The number of aromatic nitrogens is 4. The summed E-state index contributed by atoms with van der Waals surface area (Å²) in [5, 5.41) is 4.70. The van der Waals surface area contributed by atoms with Crippen LogP contribution in [0.4, 0.5) is 0 Å². The molecule has 0 saturated heterocycles. The highest BCUT2D eigenvalue weighted by atomic mass is 16.1. The van der Waals surface area contributed by atoms with E-state index >= 15 is 0 Å². The fraction of sp³-hybridized carbons (Fsp3) is 0. The Balaban J connectivity index is 0.951. The minimum absolute atomic E-state index is 0.00974. The molecule has 12 aromatic rings. The summed E-state index contributed by atoms with van der Waals surface area (Å²) in [5.41, 5.74) is 14.7. The van der Waals surface area contributed by atoms with Gasteiger partial charge in [0.2, 0.25) is 0 Å². The van der Waals surface area contributed by atoms with Crippen molar-refractivity contribution < 1.29 is 4.79 Å². The summed E-state index contributed by atoms with van der Waals surface area (Å²) in [6, 6.07) is 71.7. The van der Waals surface area contributed by atoms with Gasteiger partial charge in [-0.2, -0.15) is 0 Å². The van der Waals surface area contributed by atoms with Gasteiger partial charge >= 0.3 is 0 Å². The molecular weight excluding hydrogens is 709 g/mol. The van der Waals surface area contributed by atoms with Crippen LogP contribution in [0.1, 0.15) is 15.9 Å². The number of nitrogens with zero attached hydrogens (tertiary/aromatic N) is 4. The maximum atomic E-state index is 14.1. The first-order chi connectivity index (χ1) is 28.7. The van der Waals surface area contributed by atoms with Crippen molar-refractivity contribution >= 4 is 71.5 Å². The van der Waals surface area contributed by atoms with Gasteiger partial charge in [-0.25, -0.2) is 0 Å². The van der Waals surface area contributed by atoms with Gasteiger partial charge in [0.25, 0.3) is 0 Å². The molecule has 4 aromatic heterocycles. The number of ketones is 1. The van der Waals surface area contributed by atoms with E-state index in [0.29, 0.717) is 11.1 Å². The van der Waals surface area contributed by atoms with E-state index in [-0.39, 0.29) is 5.78 Å². The van der Waals surface area contributed by atoms with E-state index in [2.05, 4.69) is 200 Å². The molecule has 0 amide bonds. The number of carbonyl (C=O) groups is 1. The second-order valence-electron chi connectivity index (χ2n) is 14.9. The lowest BCUT2D eigenvalue weighted by Gasteiger charge is -2.10. The molecule has 0 N–H and O–H groups in total. The topological polar surface area (TPSA) is 36.8 Å². The van der Waals surface area contributed by atoms with Gasteiger partial charge in [-0.1, -0.05) is 109 Å². The molecule has 5 heteroatoms. The standard InChI is InChI=1S/C53H34N4O/c58-53(35-27-31-39(32-28-35)56-47-25-13-9-21-43(47)49-51(56)41-19-7-11-23-45(41)54(49)37-15-3-1-4-16-37)36-29-33-40(34-30-36)57-48-26-14-10-22-44(48)50-52(57)42-20-8-12-24-46(42)55(50)38-17-5-2-6-18-38/h1-34H. The summed E-state index contributed by atoms with van der Waals surface area (Å²) in [5.74, 6) is -0.00974. The zero-order chi connectivity index (χ0) is 38.3. The highest BCUT2D eigenvalue weighted by Gasteiger charge is 2.24. The van der Waals surface area contributed by atoms with Crippen molar-refractivity contribution in [3.8, 4) is 22.7 Å². The van der Waals surface area contributed by atoms with Crippen molar-refractivity contribution in [3.63, 3.8) is 0 Å². The monoisotopic (exact) mass is 742 g/mol. The van der Waals surface area contributed by atoms with E-state index in [0.717, 1.165) is 55.8 Å². The summed E-state index contributed by atoms with van der Waals surface area (Å²) in [7, 11) is 0. The van der Waals surface area contributed by atoms with Gasteiger partial charge in [-0.05, 0) is 97.1 Å². The van der Waals surface area contributed by atoms with Gasteiger partial charge in [0.15, 0.2) is 5.78 Å². The summed E-state index contributed by atoms with van der Waals surface area (Å²) in [6.07, 6.45) is 0. The summed E-state index contributed by atoms with van der Waals surface area (Å²) in [6.45, 7) is 0. The molecule has 0 radical (unpaired) electrons. The minimum Gasteiger partial charge on any atom is -0.307 e. The van der Waals surface area contributed by atoms with Gasteiger partial charge < -0.3 is 18.3 Å². The summed E-state index contributed by atoms with van der Waals surface area (Å²) in [4.78, 5) is 14.1. The molecule has 8 aromatic carbocycles. The Morgan fingerprint density at radius 2 is 0.500 bits per heavy atom. The lowest BCUT2D eigenvalue weighted by Crippen LogP contribution is -2.03. The van der Waals surface area contributed by atoms with Crippen LogP contribution in [0.15, 0.2) is 206 Å². The van der Waals surface area contributed by atoms with E-state index in [9.17, 15) is 4.79 Å². The van der Waals surface area contributed by atoms with E-state index in [1.54, 1.807) is 0 Å². The Morgan fingerprint density at radius 3 is 0.793 bits per heavy atom. The maximum Gasteiger partial charge on any atom is 0.193 e. The average Bonchev–Trinajstić information content (AvgIpc) is 4.02. The van der Waals surface area contributed by atoms with Gasteiger partial charge in [0.05, 0.1) is 44.1 Å². The van der Waals surface area contributed by atoms with Crippen LogP contribution < -0.4 is 0 Å². The van der Waals surface area contributed by atoms with Crippen LogP contribution >= 0.6 is 0 Å². The van der Waals surface area contributed by atoms with Crippen LogP contribution in [0.3, 0.4) is 0 Å². The van der Waals surface area contributed by atoms with Crippen LogP contribution in [0.5, 0.6) is 0 Å². The van der Waals surface area contributed by atoms with Gasteiger partial charge in [-0.15, -0.1) is 0 Å². The molecule has 0 unspecified atom stereocenters. The number of hydrogen-bond donors (Lipinski definition) is 0. The third kappa shape index (κ3) is 4.61. The van der Waals surface area contributed by atoms with Crippen molar-refractivity contribution in [1.29, 1.82) is 0 Å². The van der Waals surface area contributed by atoms with E-state index in [4.69, 9.17) is 0 Å². The third-order valence-corrected chi connectivity index (χ3v) is 11.7. The van der Waals surface area contributed by atoms with Crippen LogP contribution in [0.25, 0.3) is 88.4 Å². The predicted molar refractivity (Wildman–Crippen MR) is 239 cm³/mol. The maximum absolute atomic E-state index is 14.1. The zero-order valence-corrected chi connectivity index (χ0v) is 31.3. The Kier molecular flexibility index (Phi) is 7.01. The highest BCUT2D eigenvalue weighted by Crippen LogP contribution is 2.42. The molecule has 0 aliphatic heterocycles. The number of carbonyl (C=O) groups excluding carboxylic acids is 1. The molecule has 12 rings (SSSR count). The fourth-order valence-corrected chi connectivity index (χ4v) is 9.29. The zero-order valence-electron chi connectivity index (χ0n) is 31.3. The van der Waals surface area contributed by atoms with Crippen molar-refractivity contribution in [2.24, 2.45) is 0 Å². The highest BCUT2D eigenvalue weighted by molar-refractivity contribution is 6.21. The number of fused-ring (bicyclic) bond motifs is 10. The van der Waals surface area contributed by atoms with Crippen LogP contribution in [-0.2, 0) is 0 Å². The van der Waals surface area contributed by atoms with Crippen molar-refractivity contribution in [3.05, 3.63) is 217 Å². The Bertz CT molecular complexity index is 3300. The molecule has 0 aliphatic carbocycles. The Labute approximate surface area is 333 Å². The van der Waals surface area contributed by atoms with Crippen LogP contribution in [0.2, 0.25) is 0 Å². The molecule has 0 fully saturated rings. The molecule has 4 heterocycles. The largest absolute Gasteiger partial charge is 0.307 e. The van der Waals surface area contributed by atoms with E-state index in [1.807, 2.05) is 24.3 Å². The first kappa shape index (κ1) is 32.4. The molecule has 5 nitrogen and oxygen atoms in total. The molecular formula is C53H34N4O. The second kappa shape index (κ2) is 12.6. The normalized spacial score (nSPS) is 11.9. The van der Waals surface area contributed by atoms with Crippen molar-refractivity contribution in [2.45, 2.75) is 0 Å². The first-order valence-corrected chi connectivity index (χ1v) is 19.7. The predicted octanol–water partition coefficient (Wildman–Crippen LogP) is 13.0. The van der Waals surface area contributed by atoms with Gasteiger partial charge in [0, 0.05) is 55.4 Å². The van der Waals surface area contributed by atoms with Crippen LogP contribution in [-0.4, -0.2) is 24.1 Å². The number of rotatable bonds is 6. The summed E-state index contributed by atoms with van der Waals surface area (Å²) >= 11 is 0. The first-order valence-electron chi connectivity index (χ1n) is 19.7. The van der Waals surface area contributed by atoms with Crippen molar-refractivity contribution in [1.82, 2.24) is 18.3 Å². The Morgan fingerprint density at radius 1 is 0.259 bits per heavy atom. The van der Waals surface area contributed by atoms with E-state index in [1.165, 1.54) is 32.6 Å². The number of para-hydroxylation sites is 6. The molecule has 0 spiro atoms. The van der Waals surface area contributed by atoms with Gasteiger partial charge in [-0.3, -0.25) is 4.79 Å². The summed E-state index contributed by atoms with van der Waals surface area (Å²) < 4.78 is 9.42. The molecule has 0 atom stereocenters. The third-order valence-electron chi connectivity index (χ3n) is 11.7. The van der Waals surface area contributed by atoms with Gasteiger partial charge in [0.1, 0.15) is 0 Å². The molecule has 0 bridgehead atoms. The molecule has 58 heavy (non-hydrogen) atoms. The average molecular weight is 743 g/mol. The van der Waals surface area contributed by atoms with Crippen LogP contribution in [0, 0.1) is 0 Å². The van der Waals surface area contributed by atoms with E-state index < -0.39 is 0 Å². The SMILES string of the molecule is O=C(c1ccc(-n2c3ccccc3c3c2c2ccccc2n3-c2ccccc2)cc1)c1ccc(-n2c3ccccc3c3c2c2ccccc2n3-c2ccccc2)cc1. The smallest absolute Gasteiger partial charge is 0.193 e. The molecule has 272 valence electrons. The lowest BCUT2D eigenvalue weighted by atomic mass is 10.0. The number of benzene rings is 8. The Hall–Kier alpha value is -7.89. The number of hydrogen-bond acceptors (Lipinski definition) is 1. The fourth-order valence-electron chi connectivity index (χ4n) is 9.29. The molecule has 0 saturated carbocycles. The quantitative estimate of drug-likeness (QED) is 0.156. The second-order valence-corrected chi connectivity index (χ2v) is 14.9. The van der Waals surface area contributed by atoms with Crippen molar-refractivity contribution in [2.75, 3.05) is 0 Å². The molecule has 0 aliphatic rings. The minimum atomic E-state index is -0.00974. The lowest BCUT2D eigenvalue weighted by molar-refractivity contribution is 0.103.